The van der Waals surface area contributed by atoms with E-state index in [1.807, 2.05) is 54.0 Å². The molecule has 160 valence electrons. The van der Waals surface area contributed by atoms with E-state index in [-0.39, 0.29) is 11.9 Å². The Labute approximate surface area is 179 Å². The van der Waals surface area contributed by atoms with Crippen molar-refractivity contribution in [1.29, 1.82) is 0 Å². The van der Waals surface area contributed by atoms with Gasteiger partial charge in [0.25, 0.3) is 0 Å². The molecule has 1 N–H and O–H groups in total. The van der Waals surface area contributed by atoms with Gasteiger partial charge in [-0.3, -0.25) is 9.69 Å². The fourth-order valence-corrected chi connectivity index (χ4v) is 4.32. The standard InChI is InChI=1S/C23H32N6O/c1-27(2)21-14-18(25-23(26-21)19-10-6-12-24-19)15-28(3)16-22(30)29-13-7-9-17-8-4-5-11-20(17)29/h4-5,8,11,14,19,24H,6-7,9-10,12-13,15-16H2,1-3H3/t19-/m0/s1. The van der Waals surface area contributed by atoms with E-state index in [9.17, 15) is 4.79 Å². The van der Waals surface area contributed by atoms with Crippen molar-refractivity contribution in [1.82, 2.24) is 20.2 Å². The summed E-state index contributed by atoms with van der Waals surface area (Å²) in [4.78, 5) is 28.6. The molecular formula is C23H32N6O. The maximum Gasteiger partial charge on any atom is 0.241 e. The highest BCUT2D eigenvalue weighted by molar-refractivity contribution is 5.95. The molecule has 2 aromatic rings. The molecule has 1 aromatic heterocycles. The molecule has 2 aliphatic heterocycles. The number of fused-ring (bicyclic) bond motifs is 1. The summed E-state index contributed by atoms with van der Waals surface area (Å²) in [7, 11) is 5.98. The molecule has 1 saturated heterocycles. The predicted molar refractivity (Wildman–Crippen MR) is 120 cm³/mol. The van der Waals surface area contributed by atoms with Gasteiger partial charge in [0.2, 0.25) is 5.91 Å². The lowest BCUT2D eigenvalue weighted by Crippen LogP contribution is -2.41. The van der Waals surface area contributed by atoms with Crippen molar-refractivity contribution >= 4 is 17.4 Å². The Kier molecular flexibility index (Phi) is 6.29. The van der Waals surface area contributed by atoms with Crippen molar-refractivity contribution in [3.05, 3.63) is 47.4 Å². The molecule has 7 heteroatoms. The SMILES string of the molecule is CN(CC(=O)N1CCCc2ccccc21)Cc1cc(N(C)C)nc([C@@H]2CCCN2)n1. The molecular weight excluding hydrogens is 376 g/mol. The summed E-state index contributed by atoms with van der Waals surface area (Å²) in [5.74, 6) is 1.91. The predicted octanol–water partition coefficient (Wildman–Crippen LogP) is 2.38. The normalized spacial score (nSPS) is 18.5. The zero-order valence-corrected chi connectivity index (χ0v) is 18.3. The Bertz CT molecular complexity index is 893. The van der Waals surface area contributed by atoms with Crippen LogP contribution in [0, 0.1) is 0 Å². The van der Waals surface area contributed by atoms with Gasteiger partial charge in [-0.2, -0.15) is 0 Å². The first kappa shape index (κ1) is 20.8. The molecule has 0 aliphatic carbocycles. The van der Waals surface area contributed by atoms with Gasteiger partial charge in [-0.1, -0.05) is 18.2 Å². The number of likely N-dealkylation sites (N-methyl/N-ethyl adjacent to an activating group) is 1. The third-order valence-corrected chi connectivity index (χ3v) is 5.86. The summed E-state index contributed by atoms with van der Waals surface area (Å²) in [6.45, 7) is 2.79. The topological polar surface area (TPSA) is 64.6 Å². The molecule has 1 amide bonds. The number of anilines is 2. The van der Waals surface area contributed by atoms with Crippen LogP contribution >= 0.6 is 0 Å². The van der Waals surface area contributed by atoms with Crippen LogP contribution in [-0.4, -0.2) is 61.6 Å². The van der Waals surface area contributed by atoms with Gasteiger partial charge in [-0.15, -0.1) is 0 Å². The maximum absolute atomic E-state index is 13.0. The Balaban J connectivity index is 1.46. The number of para-hydroxylation sites is 1. The quantitative estimate of drug-likeness (QED) is 0.792. The summed E-state index contributed by atoms with van der Waals surface area (Å²) >= 11 is 0. The van der Waals surface area contributed by atoms with E-state index in [1.165, 1.54) is 5.56 Å². The third-order valence-electron chi connectivity index (χ3n) is 5.86. The number of carbonyl (C=O) groups excluding carboxylic acids is 1. The minimum Gasteiger partial charge on any atom is -0.363 e. The molecule has 4 rings (SSSR count). The number of hydrogen-bond acceptors (Lipinski definition) is 6. The van der Waals surface area contributed by atoms with Gasteiger partial charge in [-0.25, -0.2) is 9.97 Å². The van der Waals surface area contributed by atoms with Crippen LogP contribution in [0.25, 0.3) is 0 Å². The van der Waals surface area contributed by atoms with E-state index in [4.69, 9.17) is 9.97 Å². The molecule has 0 saturated carbocycles. The van der Waals surface area contributed by atoms with Gasteiger partial charge in [0.1, 0.15) is 11.6 Å². The highest BCUT2D eigenvalue weighted by Gasteiger charge is 2.24. The molecule has 0 radical (unpaired) electrons. The van der Waals surface area contributed by atoms with Crippen LogP contribution < -0.4 is 15.1 Å². The van der Waals surface area contributed by atoms with E-state index in [0.29, 0.717) is 13.1 Å². The molecule has 7 nitrogen and oxygen atoms in total. The highest BCUT2D eigenvalue weighted by atomic mass is 16.2. The van der Waals surface area contributed by atoms with E-state index in [1.54, 1.807) is 0 Å². The highest BCUT2D eigenvalue weighted by Crippen LogP contribution is 2.27. The Hall–Kier alpha value is -2.51. The number of rotatable bonds is 6. The minimum absolute atomic E-state index is 0.143. The molecule has 2 aliphatic rings. The summed E-state index contributed by atoms with van der Waals surface area (Å²) in [5, 5.41) is 3.49. The maximum atomic E-state index is 13.0. The van der Waals surface area contributed by atoms with Crippen LogP contribution in [0.2, 0.25) is 0 Å². The number of nitrogens with one attached hydrogen (secondary N) is 1. The van der Waals surface area contributed by atoms with E-state index in [2.05, 4.69) is 17.4 Å². The summed E-state index contributed by atoms with van der Waals surface area (Å²) in [5.41, 5.74) is 3.28. The van der Waals surface area contributed by atoms with E-state index >= 15 is 0 Å². The Morgan fingerprint density at radius 2 is 2.03 bits per heavy atom. The first-order valence-corrected chi connectivity index (χ1v) is 10.9. The molecule has 1 atom stereocenters. The third kappa shape index (κ3) is 4.63. The fourth-order valence-electron chi connectivity index (χ4n) is 4.32. The van der Waals surface area contributed by atoms with Gasteiger partial charge in [0, 0.05) is 38.9 Å². The zero-order valence-electron chi connectivity index (χ0n) is 18.3. The van der Waals surface area contributed by atoms with Gasteiger partial charge in [0.05, 0.1) is 18.3 Å². The van der Waals surface area contributed by atoms with Gasteiger partial charge < -0.3 is 15.1 Å². The Morgan fingerprint density at radius 1 is 1.20 bits per heavy atom. The van der Waals surface area contributed by atoms with E-state index in [0.717, 1.165) is 61.8 Å². The second-order valence-corrected chi connectivity index (χ2v) is 8.57. The first-order valence-electron chi connectivity index (χ1n) is 10.9. The Morgan fingerprint density at radius 3 is 2.80 bits per heavy atom. The second kappa shape index (κ2) is 9.10. The van der Waals surface area contributed by atoms with Crippen LogP contribution in [0.3, 0.4) is 0 Å². The molecule has 1 fully saturated rings. The monoisotopic (exact) mass is 408 g/mol. The lowest BCUT2D eigenvalue weighted by atomic mass is 10.0. The fraction of sp³-hybridized carbons (Fsp3) is 0.522. The lowest BCUT2D eigenvalue weighted by Gasteiger charge is -2.31. The van der Waals surface area contributed by atoms with Crippen LogP contribution in [-0.2, 0) is 17.8 Å². The summed E-state index contributed by atoms with van der Waals surface area (Å²) < 4.78 is 0. The molecule has 1 aromatic carbocycles. The number of hydrogen-bond donors (Lipinski definition) is 1. The largest absolute Gasteiger partial charge is 0.363 e. The first-order chi connectivity index (χ1) is 14.5. The van der Waals surface area contributed by atoms with Crippen molar-refractivity contribution in [2.24, 2.45) is 0 Å². The molecule has 0 spiro atoms. The van der Waals surface area contributed by atoms with Crippen LogP contribution in [0.1, 0.15) is 42.4 Å². The average molecular weight is 409 g/mol. The van der Waals surface area contributed by atoms with Crippen molar-refractivity contribution in [3.63, 3.8) is 0 Å². The van der Waals surface area contributed by atoms with Gasteiger partial charge in [0.15, 0.2) is 0 Å². The van der Waals surface area contributed by atoms with Crippen LogP contribution in [0.15, 0.2) is 30.3 Å². The molecule has 0 bridgehead atoms. The van der Waals surface area contributed by atoms with Crippen molar-refractivity contribution in [2.75, 3.05) is 50.6 Å². The van der Waals surface area contributed by atoms with Gasteiger partial charge in [-0.05, 0) is 50.9 Å². The summed E-state index contributed by atoms with van der Waals surface area (Å²) in [6, 6.07) is 10.5. The minimum atomic E-state index is 0.143. The molecule has 30 heavy (non-hydrogen) atoms. The van der Waals surface area contributed by atoms with Crippen molar-refractivity contribution in [2.45, 2.75) is 38.3 Å². The lowest BCUT2D eigenvalue weighted by molar-refractivity contribution is -0.119. The number of aryl methyl sites for hydroxylation is 1. The van der Waals surface area contributed by atoms with Crippen molar-refractivity contribution in [3.8, 4) is 0 Å². The van der Waals surface area contributed by atoms with Crippen LogP contribution in [0.4, 0.5) is 11.5 Å². The number of nitrogens with zero attached hydrogens (tertiary/aromatic N) is 5. The van der Waals surface area contributed by atoms with Crippen LogP contribution in [0.5, 0.6) is 0 Å². The smallest absolute Gasteiger partial charge is 0.241 e. The average Bonchev–Trinajstić information content (AvgIpc) is 3.28. The van der Waals surface area contributed by atoms with Gasteiger partial charge >= 0.3 is 0 Å². The second-order valence-electron chi connectivity index (χ2n) is 8.57. The number of aromatic nitrogens is 2. The number of amides is 1. The number of benzene rings is 1. The molecule has 0 unspecified atom stereocenters. The molecule has 3 heterocycles. The zero-order chi connectivity index (χ0) is 21.1. The van der Waals surface area contributed by atoms with Crippen molar-refractivity contribution < 1.29 is 4.79 Å². The summed E-state index contributed by atoms with van der Waals surface area (Å²) in [6.07, 6.45) is 4.28. The van der Waals surface area contributed by atoms with E-state index < -0.39 is 0 Å². The number of carbonyl (C=O) groups is 1.